The van der Waals surface area contributed by atoms with Gasteiger partial charge in [-0.1, -0.05) is 20.3 Å². The van der Waals surface area contributed by atoms with Crippen LogP contribution in [-0.2, 0) is 0 Å². The second-order valence-electron chi connectivity index (χ2n) is 5.24. The lowest BCUT2D eigenvalue weighted by Gasteiger charge is -2.35. The summed E-state index contributed by atoms with van der Waals surface area (Å²) < 4.78 is 1.19. The van der Waals surface area contributed by atoms with E-state index in [9.17, 15) is 0 Å². The van der Waals surface area contributed by atoms with Gasteiger partial charge in [0.05, 0.1) is 3.79 Å². The van der Waals surface area contributed by atoms with Gasteiger partial charge in [-0.25, -0.2) is 0 Å². The summed E-state index contributed by atoms with van der Waals surface area (Å²) in [6, 6.07) is 2.41. The van der Waals surface area contributed by atoms with Gasteiger partial charge >= 0.3 is 0 Å². The third-order valence-corrected chi connectivity index (χ3v) is 5.64. The Hall–Kier alpha value is 0.140. The highest BCUT2D eigenvalue weighted by Gasteiger charge is 2.29. The molecule has 1 aromatic rings. The molecule has 1 saturated carbocycles. The lowest BCUT2D eigenvalue weighted by atomic mass is 9.72. The number of nitrogens with two attached hydrogens (primary N) is 1. The molecular formula is C13H20BrNS. The maximum absolute atomic E-state index is 6.38. The number of rotatable bonds is 2. The summed E-state index contributed by atoms with van der Waals surface area (Å²) in [5, 5.41) is 2.19. The van der Waals surface area contributed by atoms with Crippen molar-refractivity contribution in [3.63, 3.8) is 0 Å². The fourth-order valence-corrected chi connectivity index (χ4v) is 3.91. The van der Waals surface area contributed by atoms with E-state index in [0.29, 0.717) is 5.92 Å². The molecule has 0 saturated heterocycles. The Bertz CT molecular complexity index is 349. The van der Waals surface area contributed by atoms with Crippen LogP contribution in [-0.4, -0.2) is 0 Å². The van der Waals surface area contributed by atoms with E-state index in [1.165, 1.54) is 28.6 Å². The molecule has 1 nitrogen and oxygen atoms in total. The number of hydrogen-bond acceptors (Lipinski definition) is 2. The van der Waals surface area contributed by atoms with Crippen molar-refractivity contribution in [2.75, 3.05) is 0 Å². The Balaban J connectivity index is 2.02. The van der Waals surface area contributed by atoms with Crippen LogP contribution in [0.25, 0.3) is 0 Å². The Labute approximate surface area is 111 Å². The monoisotopic (exact) mass is 301 g/mol. The second-order valence-corrected chi connectivity index (χ2v) is 7.53. The minimum atomic E-state index is 0.234. The van der Waals surface area contributed by atoms with Gasteiger partial charge in [0.25, 0.3) is 0 Å². The Morgan fingerprint density at radius 2 is 2.12 bits per heavy atom. The normalized spacial score (nSPS) is 32.6. The summed E-state index contributed by atoms with van der Waals surface area (Å²) in [5.41, 5.74) is 7.69. The SMILES string of the molecule is CC1CCC(C(N)c2csc(Br)c2)CC1C. The fourth-order valence-electron chi connectivity index (χ4n) is 2.69. The van der Waals surface area contributed by atoms with E-state index in [2.05, 4.69) is 41.2 Å². The third-order valence-electron chi connectivity index (χ3n) is 4.12. The van der Waals surface area contributed by atoms with Crippen LogP contribution in [0.4, 0.5) is 0 Å². The molecule has 3 heteroatoms. The van der Waals surface area contributed by atoms with E-state index in [4.69, 9.17) is 5.73 Å². The van der Waals surface area contributed by atoms with E-state index in [-0.39, 0.29) is 6.04 Å². The van der Waals surface area contributed by atoms with E-state index in [1.807, 2.05) is 0 Å². The molecule has 1 heterocycles. The van der Waals surface area contributed by atoms with Gasteiger partial charge in [0.15, 0.2) is 0 Å². The summed E-state index contributed by atoms with van der Waals surface area (Å²) >= 11 is 5.24. The van der Waals surface area contributed by atoms with Crippen LogP contribution in [0, 0.1) is 17.8 Å². The molecule has 4 unspecified atom stereocenters. The predicted molar refractivity (Wildman–Crippen MR) is 74.6 cm³/mol. The van der Waals surface area contributed by atoms with Crippen LogP contribution in [0.2, 0.25) is 0 Å². The summed E-state index contributed by atoms with van der Waals surface area (Å²) in [4.78, 5) is 0. The van der Waals surface area contributed by atoms with Gasteiger partial charge in [-0.05, 0) is 63.5 Å². The van der Waals surface area contributed by atoms with Crippen molar-refractivity contribution in [1.82, 2.24) is 0 Å². The van der Waals surface area contributed by atoms with E-state index < -0.39 is 0 Å². The van der Waals surface area contributed by atoms with Crippen molar-refractivity contribution in [3.05, 3.63) is 20.8 Å². The average Bonchev–Trinajstić information content (AvgIpc) is 2.68. The van der Waals surface area contributed by atoms with Crippen LogP contribution in [0.1, 0.15) is 44.7 Å². The van der Waals surface area contributed by atoms with Gasteiger partial charge in [0, 0.05) is 6.04 Å². The van der Waals surface area contributed by atoms with Crippen LogP contribution in [0.3, 0.4) is 0 Å². The molecule has 2 rings (SSSR count). The van der Waals surface area contributed by atoms with Gasteiger partial charge in [0.2, 0.25) is 0 Å². The summed E-state index contributed by atoms with van der Waals surface area (Å²) in [6.45, 7) is 4.74. The van der Waals surface area contributed by atoms with Crippen LogP contribution < -0.4 is 5.73 Å². The summed E-state index contributed by atoms with van der Waals surface area (Å²) in [6.07, 6.45) is 3.92. The Kier molecular flexibility index (Phi) is 4.09. The van der Waals surface area contributed by atoms with E-state index in [0.717, 1.165) is 11.8 Å². The van der Waals surface area contributed by atoms with Crippen molar-refractivity contribution >= 4 is 27.3 Å². The van der Waals surface area contributed by atoms with Crippen LogP contribution in [0.15, 0.2) is 15.2 Å². The molecule has 4 atom stereocenters. The average molecular weight is 302 g/mol. The molecule has 16 heavy (non-hydrogen) atoms. The molecule has 0 amide bonds. The standard InChI is InChI=1S/C13H20BrNS/c1-8-3-4-10(5-9(8)2)13(15)11-6-12(14)16-7-11/h6-10,13H,3-5,15H2,1-2H3. The number of thiophene rings is 1. The zero-order chi connectivity index (χ0) is 11.7. The molecule has 0 bridgehead atoms. The van der Waals surface area contributed by atoms with E-state index in [1.54, 1.807) is 11.3 Å². The first-order valence-electron chi connectivity index (χ1n) is 6.07. The highest BCUT2D eigenvalue weighted by molar-refractivity contribution is 9.11. The number of hydrogen-bond donors (Lipinski definition) is 1. The zero-order valence-electron chi connectivity index (χ0n) is 9.95. The first-order chi connectivity index (χ1) is 7.58. The maximum atomic E-state index is 6.38. The summed E-state index contributed by atoms with van der Waals surface area (Å²) in [5.74, 6) is 2.37. The van der Waals surface area contributed by atoms with Gasteiger partial charge in [-0.15, -0.1) is 11.3 Å². The van der Waals surface area contributed by atoms with Crippen molar-refractivity contribution < 1.29 is 0 Å². The smallest absolute Gasteiger partial charge is 0.0701 e. The molecule has 1 aliphatic rings. The van der Waals surface area contributed by atoms with Gasteiger partial charge in [-0.2, -0.15) is 0 Å². The molecule has 2 N–H and O–H groups in total. The van der Waals surface area contributed by atoms with Crippen molar-refractivity contribution in [1.29, 1.82) is 0 Å². The zero-order valence-corrected chi connectivity index (χ0v) is 12.4. The quantitative estimate of drug-likeness (QED) is 0.850. The second kappa shape index (κ2) is 5.19. The first-order valence-corrected chi connectivity index (χ1v) is 7.74. The highest BCUT2D eigenvalue weighted by atomic mass is 79.9. The van der Waals surface area contributed by atoms with Crippen LogP contribution in [0.5, 0.6) is 0 Å². The number of halogens is 1. The lowest BCUT2D eigenvalue weighted by molar-refractivity contribution is 0.186. The van der Waals surface area contributed by atoms with E-state index >= 15 is 0 Å². The maximum Gasteiger partial charge on any atom is 0.0701 e. The molecule has 0 radical (unpaired) electrons. The predicted octanol–water partition coefficient (Wildman–Crippen LogP) is 4.58. The largest absolute Gasteiger partial charge is 0.324 e. The Morgan fingerprint density at radius 3 is 2.69 bits per heavy atom. The van der Waals surface area contributed by atoms with Crippen molar-refractivity contribution in [2.24, 2.45) is 23.5 Å². The molecular weight excluding hydrogens is 282 g/mol. The third kappa shape index (κ3) is 2.69. The summed E-state index contributed by atoms with van der Waals surface area (Å²) in [7, 11) is 0. The highest BCUT2D eigenvalue weighted by Crippen LogP contribution is 2.40. The van der Waals surface area contributed by atoms with Gasteiger partial charge in [0.1, 0.15) is 0 Å². The Morgan fingerprint density at radius 1 is 1.38 bits per heavy atom. The van der Waals surface area contributed by atoms with Crippen molar-refractivity contribution in [3.8, 4) is 0 Å². The molecule has 0 spiro atoms. The minimum absolute atomic E-state index is 0.234. The first kappa shape index (κ1) is 12.6. The lowest BCUT2D eigenvalue weighted by Crippen LogP contribution is -2.29. The molecule has 1 aliphatic carbocycles. The molecule has 1 aromatic heterocycles. The minimum Gasteiger partial charge on any atom is -0.324 e. The topological polar surface area (TPSA) is 26.0 Å². The van der Waals surface area contributed by atoms with Gasteiger partial charge < -0.3 is 5.73 Å². The van der Waals surface area contributed by atoms with Crippen molar-refractivity contribution in [2.45, 2.75) is 39.2 Å². The van der Waals surface area contributed by atoms with Gasteiger partial charge in [-0.3, -0.25) is 0 Å². The molecule has 90 valence electrons. The molecule has 0 aliphatic heterocycles. The fraction of sp³-hybridized carbons (Fsp3) is 0.692. The molecule has 0 aromatic carbocycles. The van der Waals surface area contributed by atoms with Crippen LogP contribution >= 0.6 is 27.3 Å². The molecule has 1 fully saturated rings.